The number of benzene rings is 3. The highest BCUT2D eigenvalue weighted by atomic mass is 32.2. The lowest BCUT2D eigenvalue weighted by molar-refractivity contribution is 0.0696. The van der Waals surface area contributed by atoms with Crippen LogP contribution in [0.1, 0.15) is 26.4 Å². The smallest absolute Gasteiger partial charge is 0.335 e. The maximum atomic E-state index is 12.1. The molecule has 0 fully saturated rings. The minimum Gasteiger partial charge on any atom is -0.478 e. The lowest BCUT2D eigenvalue weighted by Gasteiger charge is -2.06. The number of nitrogens with zero attached hydrogens (tertiary/aromatic N) is 5. The minimum absolute atomic E-state index is 0.0128. The van der Waals surface area contributed by atoms with Gasteiger partial charge in [0.05, 0.1) is 40.6 Å². The molecule has 6 aromatic rings. The van der Waals surface area contributed by atoms with Crippen LogP contribution in [0.25, 0.3) is 33.0 Å². The molecule has 3 aromatic heterocycles. The predicted octanol–water partition coefficient (Wildman–Crippen LogP) is 3.20. The number of aromatic carboxylic acids is 1. The number of aromatic amines is 1. The Kier molecular flexibility index (Phi) is 8.06. The number of nitrogens with one attached hydrogen (secondary N) is 2. The third-order valence-corrected chi connectivity index (χ3v) is 6.37. The maximum absolute atomic E-state index is 12.1. The van der Waals surface area contributed by atoms with E-state index in [1.54, 1.807) is 60.7 Å². The SMILES string of the molecule is Nc1nc2ncc(CNc3ccc(C(=O)O)cc3)nc2c(=O)[nH]1.O=C(N=S(=O)=O)c1c2ccccc2nc2ccccc12. The summed E-state index contributed by atoms with van der Waals surface area (Å²) < 4.78 is 24.4. The molecule has 14 nitrogen and oxygen atoms in total. The predicted molar refractivity (Wildman–Crippen MR) is 158 cm³/mol. The molecule has 0 spiro atoms. The highest BCUT2D eigenvalue weighted by Gasteiger charge is 2.15. The third-order valence-electron chi connectivity index (χ3n) is 6.05. The van der Waals surface area contributed by atoms with Gasteiger partial charge < -0.3 is 16.2 Å². The zero-order valence-electron chi connectivity index (χ0n) is 21.9. The summed E-state index contributed by atoms with van der Waals surface area (Å²) >= 11 is 0. The van der Waals surface area contributed by atoms with Crippen LogP contribution in [0.4, 0.5) is 11.6 Å². The van der Waals surface area contributed by atoms with Crippen LogP contribution in [0.5, 0.6) is 0 Å². The number of anilines is 2. The molecule has 0 aliphatic rings. The molecule has 0 saturated carbocycles. The Balaban J connectivity index is 0.000000173. The summed E-state index contributed by atoms with van der Waals surface area (Å²) in [5.74, 6) is -1.78. The first-order chi connectivity index (χ1) is 20.7. The highest BCUT2D eigenvalue weighted by molar-refractivity contribution is 7.62. The first-order valence-corrected chi connectivity index (χ1v) is 13.4. The second-order valence-corrected chi connectivity index (χ2v) is 9.47. The van der Waals surface area contributed by atoms with E-state index in [1.165, 1.54) is 18.3 Å². The van der Waals surface area contributed by atoms with Crippen molar-refractivity contribution < 1.29 is 23.1 Å². The Morgan fingerprint density at radius 1 is 0.907 bits per heavy atom. The zero-order valence-corrected chi connectivity index (χ0v) is 22.7. The largest absolute Gasteiger partial charge is 0.478 e. The summed E-state index contributed by atoms with van der Waals surface area (Å²) in [7, 11) is -2.78. The molecule has 0 atom stereocenters. The number of H-pyrrole nitrogens is 1. The fourth-order valence-corrected chi connectivity index (χ4v) is 4.39. The molecule has 3 aromatic carbocycles. The van der Waals surface area contributed by atoms with E-state index < -0.39 is 27.9 Å². The molecular formula is C28H20N8O6S. The average molecular weight is 597 g/mol. The minimum atomic E-state index is -2.78. The number of aromatic nitrogens is 5. The number of hydrogen-bond donors (Lipinski definition) is 4. The number of carbonyl (C=O) groups is 2. The van der Waals surface area contributed by atoms with Crippen LogP contribution in [-0.4, -0.2) is 50.3 Å². The number of para-hydroxylation sites is 2. The van der Waals surface area contributed by atoms with Gasteiger partial charge in [-0.2, -0.15) is 13.4 Å². The van der Waals surface area contributed by atoms with E-state index in [9.17, 15) is 22.8 Å². The van der Waals surface area contributed by atoms with Gasteiger partial charge in [-0.3, -0.25) is 14.6 Å². The van der Waals surface area contributed by atoms with E-state index in [2.05, 4.69) is 34.6 Å². The van der Waals surface area contributed by atoms with E-state index in [0.29, 0.717) is 34.0 Å². The van der Waals surface area contributed by atoms with Crippen molar-refractivity contribution >= 4 is 67.0 Å². The average Bonchev–Trinajstić information content (AvgIpc) is 2.99. The molecular weight excluding hydrogens is 576 g/mol. The summed E-state index contributed by atoms with van der Waals surface area (Å²) in [6.45, 7) is 0.319. The summed E-state index contributed by atoms with van der Waals surface area (Å²) in [6, 6.07) is 20.4. The summed E-state index contributed by atoms with van der Waals surface area (Å²) in [4.78, 5) is 53.6. The number of nitrogens with two attached hydrogens (primary N) is 1. The Bertz CT molecular complexity index is 2170. The van der Waals surface area contributed by atoms with Gasteiger partial charge in [0, 0.05) is 16.5 Å². The lowest BCUT2D eigenvalue weighted by atomic mass is 10.0. The molecule has 0 aliphatic carbocycles. The van der Waals surface area contributed by atoms with E-state index in [1.807, 2.05) is 0 Å². The van der Waals surface area contributed by atoms with Crippen LogP contribution in [-0.2, 0) is 17.0 Å². The molecule has 15 heteroatoms. The number of pyridine rings is 1. The maximum Gasteiger partial charge on any atom is 0.335 e. The van der Waals surface area contributed by atoms with E-state index >= 15 is 0 Å². The van der Waals surface area contributed by atoms with Crippen LogP contribution in [0, 0.1) is 0 Å². The summed E-state index contributed by atoms with van der Waals surface area (Å²) in [5.41, 5.74) is 8.26. The number of carboxylic acids is 1. The molecule has 0 bridgehead atoms. The monoisotopic (exact) mass is 596 g/mol. The van der Waals surface area contributed by atoms with Crippen molar-refractivity contribution in [1.82, 2.24) is 24.9 Å². The molecule has 43 heavy (non-hydrogen) atoms. The van der Waals surface area contributed by atoms with Crippen LogP contribution in [0.3, 0.4) is 0 Å². The molecule has 0 aliphatic heterocycles. The fourth-order valence-electron chi connectivity index (χ4n) is 4.16. The molecule has 6 rings (SSSR count). The number of carboxylic acid groups (broad SMARTS) is 1. The van der Waals surface area contributed by atoms with Gasteiger partial charge in [-0.25, -0.2) is 19.7 Å². The second-order valence-electron chi connectivity index (χ2n) is 8.86. The van der Waals surface area contributed by atoms with Gasteiger partial charge in [-0.05, 0) is 36.4 Å². The number of hydrogen-bond acceptors (Lipinski definition) is 11. The van der Waals surface area contributed by atoms with Gasteiger partial charge >= 0.3 is 16.5 Å². The Morgan fingerprint density at radius 2 is 1.53 bits per heavy atom. The molecule has 0 saturated heterocycles. The first-order valence-electron chi connectivity index (χ1n) is 12.4. The van der Waals surface area contributed by atoms with Gasteiger partial charge in [0.2, 0.25) is 5.95 Å². The number of rotatable bonds is 5. The molecule has 3 heterocycles. The van der Waals surface area contributed by atoms with Gasteiger partial charge in [0.1, 0.15) is 0 Å². The molecule has 0 unspecified atom stereocenters. The molecule has 0 radical (unpaired) electrons. The molecule has 214 valence electrons. The van der Waals surface area contributed by atoms with Crippen LogP contribution in [0.15, 0.2) is 88.2 Å². The van der Waals surface area contributed by atoms with Gasteiger partial charge in [0.25, 0.3) is 11.5 Å². The van der Waals surface area contributed by atoms with E-state index in [-0.39, 0.29) is 28.2 Å². The van der Waals surface area contributed by atoms with Crippen molar-refractivity contribution in [3.63, 3.8) is 0 Å². The number of fused-ring (bicyclic) bond motifs is 3. The topological polar surface area (TPSA) is 223 Å². The van der Waals surface area contributed by atoms with Gasteiger partial charge in [-0.1, -0.05) is 40.8 Å². The lowest BCUT2D eigenvalue weighted by Crippen LogP contribution is -2.15. The van der Waals surface area contributed by atoms with E-state index in [0.717, 1.165) is 5.69 Å². The Labute approximate surface area is 243 Å². The summed E-state index contributed by atoms with van der Waals surface area (Å²) in [6.07, 6.45) is 1.49. The van der Waals surface area contributed by atoms with E-state index in [4.69, 9.17) is 10.8 Å². The normalized spacial score (nSPS) is 10.6. The van der Waals surface area contributed by atoms with Gasteiger partial charge in [-0.15, -0.1) is 0 Å². The third kappa shape index (κ3) is 6.47. The van der Waals surface area contributed by atoms with Crippen molar-refractivity contribution in [2.24, 2.45) is 4.36 Å². The Hall–Kier alpha value is -6.09. The highest BCUT2D eigenvalue weighted by Crippen LogP contribution is 2.26. The van der Waals surface area contributed by atoms with Crippen molar-refractivity contribution in [2.45, 2.75) is 6.54 Å². The quantitative estimate of drug-likeness (QED) is 0.211. The number of carbonyl (C=O) groups excluding carboxylic acids is 1. The molecule has 5 N–H and O–H groups in total. The standard InChI is InChI=1S/C14H12N6O3.C14H8N2O3S/c15-14-19-11-10(12(21)20-14)18-9(6-17-11)5-16-8-3-1-7(2-4-8)13(22)23;17-14(16-20(18)19)13-9-5-1-3-7-11(9)15-12-8-4-2-6-10(12)13/h1-4,6,16H,5H2,(H,22,23)(H3,15,17,19,20,21);1-8H. The second kappa shape index (κ2) is 12.2. The van der Waals surface area contributed by atoms with Crippen molar-refractivity contribution in [3.05, 3.63) is 106 Å². The molecule has 1 amide bonds. The first kappa shape index (κ1) is 28.4. The van der Waals surface area contributed by atoms with Crippen LogP contribution < -0.4 is 16.6 Å². The van der Waals surface area contributed by atoms with Crippen molar-refractivity contribution in [3.8, 4) is 0 Å². The van der Waals surface area contributed by atoms with Crippen LogP contribution >= 0.6 is 0 Å². The van der Waals surface area contributed by atoms with Crippen molar-refractivity contribution in [1.29, 1.82) is 0 Å². The number of nitrogen functional groups attached to an aromatic ring is 1. The van der Waals surface area contributed by atoms with Crippen LogP contribution in [0.2, 0.25) is 0 Å². The van der Waals surface area contributed by atoms with Gasteiger partial charge in [0.15, 0.2) is 11.2 Å². The summed E-state index contributed by atoms with van der Waals surface area (Å²) in [5, 5.41) is 13.1. The number of amides is 1. The fraction of sp³-hybridized carbons (Fsp3) is 0.0357. The van der Waals surface area contributed by atoms with Crippen molar-refractivity contribution in [2.75, 3.05) is 11.1 Å². The Morgan fingerprint density at radius 3 is 2.14 bits per heavy atom. The zero-order chi connectivity index (χ0) is 30.5.